The first kappa shape index (κ1) is 12.1. The molecule has 0 aromatic carbocycles. The molecule has 0 saturated heterocycles. The van der Waals surface area contributed by atoms with Gasteiger partial charge in [0.2, 0.25) is 0 Å². The number of hydrogen-bond donors (Lipinski definition) is 1. The highest BCUT2D eigenvalue weighted by molar-refractivity contribution is 7.12. The first-order valence-corrected chi connectivity index (χ1v) is 6.64. The number of aromatic nitrogens is 1. The molecule has 0 saturated carbocycles. The van der Waals surface area contributed by atoms with Crippen molar-refractivity contribution in [1.82, 2.24) is 4.98 Å². The fraction of sp³-hybridized carbons (Fsp3) is 0.357. The van der Waals surface area contributed by atoms with Gasteiger partial charge in [-0.3, -0.25) is 0 Å². The molecule has 2 aromatic rings. The second-order valence-electron chi connectivity index (χ2n) is 4.46. The van der Waals surface area contributed by atoms with Crippen LogP contribution in [0.3, 0.4) is 0 Å². The molecule has 17 heavy (non-hydrogen) atoms. The van der Waals surface area contributed by atoms with E-state index >= 15 is 0 Å². The van der Waals surface area contributed by atoms with E-state index in [4.69, 9.17) is 0 Å². The molecule has 2 nitrogen and oxygen atoms in total. The van der Waals surface area contributed by atoms with Crippen LogP contribution in [0, 0.1) is 20.8 Å². The molecule has 3 heteroatoms. The Hall–Kier alpha value is -1.35. The predicted octanol–water partition coefficient (Wildman–Crippen LogP) is 4.24. The smallest absolute Gasteiger partial charge is 0.126 e. The molecule has 0 spiro atoms. The Morgan fingerprint density at radius 1 is 1.24 bits per heavy atom. The number of anilines is 1. The van der Waals surface area contributed by atoms with Gasteiger partial charge in [0.15, 0.2) is 0 Å². The molecular formula is C14H18N2S. The summed E-state index contributed by atoms with van der Waals surface area (Å²) in [7, 11) is 0. The highest BCUT2D eigenvalue weighted by Crippen LogP contribution is 2.28. The fourth-order valence-electron chi connectivity index (χ4n) is 1.93. The molecule has 90 valence electrons. The average molecular weight is 246 g/mol. The Bertz CT molecular complexity index is 499. The van der Waals surface area contributed by atoms with Crippen LogP contribution < -0.4 is 5.32 Å². The summed E-state index contributed by atoms with van der Waals surface area (Å²) >= 11 is 1.85. The van der Waals surface area contributed by atoms with Crippen LogP contribution in [0.15, 0.2) is 24.4 Å². The average Bonchev–Trinajstić information content (AvgIpc) is 2.61. The third kappa shape index (κ3) is 2.86. The highest BCUT2D eigenvalue weighted by Gasteiger charge is 2.11. The normalized spacial score (nSPS) is 12.5. The van der Waals surface area contributed by atoms with Gasteiger partial charge in [-0.2, -0.15) is 0 Å². The molecule has 1 unspecified atom stereocenters. The van der Waals surface area contributed by atoms with Crippen molar-refractivity contribution in [3.05, 3.63) is 45.3 Å². The third-order valence-electron chi connectivity index (χ3n) is 2.82. The van der Waals surface area contributed by atoms with Crippen molar-refractivity contribution < 1.29 is 0 Å². The summed E-state index contributed by atoms with van der Waals surface area (Å²) in [4.78, 5) is 7.12. The lowest BCUT2D eigenvalue weighted by molar-refractivity contribution is 0.871. The van der Waals surface area contributed by atoms with E-state index in [-0.39, 0.29) is 0 Å². The van der Waals surface area contributed by atoms with Gasteiger partial charge in [-0.1, -0.05) is 6.07 Å². The molecule has 1 N–H and O–H groups in total. The zero-order valence-electron chi connectivity index (χ0n) is 10.7. The van der Waals surface area contributed by atoms with E-state index in [2.05, 4.69) is 43.2 Å². The molecule has 2 aromatic heterocycles. The largest absolute Gasteiger partial charge is 0.364 e. The van der Waals surface area contributed by atoms with Crippen LogP contribution in [0.25, 0.3) is 0 Å². The maximum absolute atomic E-state index is 4.37. The Morgan fingerprint density at radius 3 is 2.53 bits per heavy atom. The summed E-state index contributed by atoms with van der Waals surface area (Å²) in [6, 6.07) is 6.66. The van der Waals surface area contributed by atoms with Crippen LogP contribution in [-0.4, -0.2) is 4.98 Å². The molecule has 0 aliphatic carbocycles. The number of pyridine rings is 1. The fourth-order valence-corrected chi connectivity index (χ4v) is 2.96. The Labute approximate surface area is 107 Å². The number of nitrogens with one attached hydrogen (secondary N) is 1. The van der Waals surface area contributed by atoms with Crippen LogP contribution in [0.4, 0.5) is 5.82 Å². The zero-order valence-corrected chi connectivity index (χ0v) is 11.6. The number of aryl methyl sites for hydroxylation is 3. The van der Waals surface area contributed by atoms with E-state index in [1.165, 1.54) is 20.9 Å². The molecule has 0 fully saturated rings. The Morgan fingerprint density at radius 2 is 2.00 bits per heavy atom. The SMILES string of the molecule is Cc1ccc(NC(C)c2cc(C)sc2C)nc1. The van der Waals surface area contributed by atoms with Gasteiger partial charge in [-0.15, -0.1) is 11.3 Å². The topological polar surface area (TPSA) is 24.9 Å². The minimum Gasteiger partial charge on any atom is -0.364 e. The molecule has 0 radical (unpaired) electrons. The van der Waals surface area contributed by atoms with Gasteiger partial charge in [-0.05, 0) is 51.0 Å². The summed E-state index contributed by atoms with van der Waals surface area (Å²) in [5.74, 6) is 0.936. The first-order valence-electron chi connectivity index (χ1n) is 5.82. The van der Waals surface area contributed by atoms with Crippen molar-refractivity contribution in [2.75, 3.05) is 5.32 Å². The van der Waals surface area contributed by atoms with Crippen molar-refractivity contribution in [1.29, 1.82) is 0 Å². The highest BCUT2D eigenvalue weighted by atomic mass is 32.1. The van der Waals surface area contributed by atoms with Gasteiger partial charge in [0.05, 0.1) is 6.04 Å². The summed E-state index contributed by atoms with van der Waals surface area (Å²) in [5.41, 5.74) is 2.56. The molecular weight excluding hydrogens is 228 g/mol. The lowest BCUT2D eigenvalue weighted by Crippen LogP contribution is -2.07. The summed E-state index contributed by atoms with van der Waals surface area (Å²) in [6.45, 7) is 8.55. The maximum atomic E-state index is 4.37. The second kappa shape index (κ2) is 4.88. The van der Waals surface area contributed by atoms with Crippen molar-refractivity contribution in [2.24, 2.45) is 0 Å². The summed E-state index contributed by atoms with van der Waals surface area (Å²) < 4.78 is 0. The van der Waals surface area contributed by atoms with E-state index in [0.29, 0.717) is 6.04 Å². The van der Waals surface area contributed by atoms with Crippen molar-refractivity contribution in [3.8, 4) is 0 Å². The lowest BCUT2D eigenvalue weighted by Gasteiger charge is -2.14. The Balaban J connectivity index is 2.14. The third-order valence-corrected chi connectivity index (χ3v) is 3.80. The zero-order chi connectivity index (χ0) is 12.4. The first-order chi connectivity index (χ1) is 8.06. The van der Waals surface area contributed by atoms with Crippen molar-refractivity contribution >= 4 is 17.2 Å². The van der Waals surface area contributed by atoms with E-state index in [1.54, 1.807) is 0 Å². The Kier molecular flexibility index (Phi) is 3.48. The van der Waals surface area contributed by atoms with Crippen LogP contribution >= 0.6 is 11.3 Å². The van der Waals surface area contributed by atoms with Gasteiger partial charge < -0.3 is 5.32 Å². The van der Waals surface area contributed by atoms with Gasteiger partial charge in [0.1, 0.15) is 5.82 Å². The van der Waals surface area contributed by atoms with E-state index < -0.39 is 0 Å². The molecule has 0 aliphatic heterocycles. The van der Waals surface area contributed by atoms with Gasteiger partial charge in [-0.25, -0.2) is 4.98 Å². The molecule has 2 rings (SSSR count). The molecule has 2 heterocycles. The maximum Gasteiger partial charge on any atom is 0.126 e. The number of hydrogen-bond acceptors (Lipinski definition) is 3. The minimum atomic E-state index is 0.301. The summed E-state index contributed by atoms with van der Waals surface area (Å²) in [5, 5.41) is 3.44. The minimum absolute atomic E-state index is 0.301. The summed E-state index contributed by atoms with van der Waals surface area (Å²) in [6.07, 6.45) is 1.89. The lowest BCUT2D eigenvalue weighted by atomic mass is 10.1. The van der Waals surface area contributed by atoms with Crippen LogP contribution in [0.1, 0.15) is 33.8 Å². The van der Waals surface area contributed by atoms with Crippen LogP contribution in [0.2, 0.25) is 0 Å². The van der Waals surface area contributed by atoms with Gasteiger partial charge in [0.25, 0.3) is 0 Å². The standard InChI is InChI=1S/C14H18N2S/c1-9-5-6-14(15-8-9)16-11(3)13-7-10(2)17-12(13)4/h5-8,11H,1-4H3,(H,15,16). The number of nitrogens with zero attached hydrogens (tertiary/aromatic N) is 1. The quantitative estimate of drug-likeness (QED) is 0.876. The van der Waals surface area contributed by atoms with E-state index in [1.807, 2.05) is 30.5 Å². The van der Waals surface area contributed by atoms with Crippen molar-refractivity contribution in [2.45, 2.75) is 33.7 Å². The molecule has 1 atom stereocenters. The molecule has 0 amide bonds. The molecule has 0 aliphatic rings. The van der Waals surface area contributed by atoms with Gasteiger partial charge in [0, 0.05) is 16.0 Å². The molecule has 0 bridgehead atoms. The van der Waals surface area contributed by atoms with Crippen LogP contribution in [-0.2, 0) is 0 Å². The van der Waals surface area contributed by atoms with Crippen LogP contribution in [0.5, 0.6) is 0 Å². The second-order valence-corrected chi connectivity index (χ2v) is 5.92. The van der Waals surface area contributed by atoms with E-state index in [9.17, 15) is 0 Å². The van der Waals surface area contributed by atoms with Crippen molar-refractivity contribution in [3.63, 3.8) is 0 Å². The monoisotopic (exact) mass is 246 g/mol. The van der Waals surface area contributed by atoms with E-state index in [0.717, 1.165) is 5.82 Å². The van der Waals surface area contributed by atoms with Gasteiger partial charge >= 0.3 is 0 Å². The predicted molar refractivity (Wildman–Crippen MR) is 74.8 cm³/mol. The number of thiophene rings is 1. The number of rotatable bonds is 3.